The first-order chi connectivity index (χ1) is 14.3. The summed E-state index contributed by atoms with van der Waals surface area (Å²) in [5.74, 6) is 1.75. The molecule has 0 spiro atoms. The van der Waals surface area contributed by atoms with Gasteiger partial charge in [0.05, 0.1) is 0 Å². The number of likely N-dealkylation sites (tertiary alicyclic amines) is 1. The summed E-state index contributed by atoms with van der Waals surface area (Å²) in [6.07, 6.45) is 4.08. The molecule has 1 saturated heterocycles. The molecule has 2 heterocycles. The van der Waals surface area contributed by atoms with Gasteiger partial charge < -0.3 is 4.90 Å². The summed E-state index contributed by atoms with van der Waals surface area (Å²) in [6, 6.07) is 18.0. The Kier molecular flexibility index (Phi) is 6.10. The molecular formula is C23H24N4OS. The Balaban J connectivity index is 1.45. The van der Waals surface area contributed by atoms with Gasteiger partial charge in [0.15, 0.2) is 11.0 Å². The van der Waals surface area contributed by atoms with Crippen molar-refractivity contribution in [1.82, 2.24) is 19.7 Å². The van der Waals surface area contributed by atoms with E-state index in [1.54, 1.807) is 11.8 Å². The van der Waals surface area contributed by atoms with Crippen molar-refractivity contribution in [2.75, 3.05) is 13.1 Å². The van der Waals surface area contributed by atoms with Crippen LogP contribution in [-0.4, -0.2) is 38.7 Å². The molecule has 4 rings (SSSR count). The fourth-order valence-electron chi connectivity index (χ4n) is 3.48. The molecule has 3 aromatic rings. The Morgan fingerprint density at radius 1 is 1.03 bits per heavy atom. The molecule has 1 aromatic heterocycles. The van der Waals surface area contributed by atoms with Gasteiger partial charge in [0, 0.05) is 36.5 Å². The molecule has 1 fully saturated rings. The number of thioether (sulfide) groups is 1. The van der Waals surface area contributed by atoms with Crippen LogP contribution in [0.5, 0.6) is 0 Å². The van der Waals surface area contributed by atoms with Crippen LogP contribution in [0.15, 0.2) is 72.4 Å². The van der Waals surface area contributed by atoms with Gasteiger partial charge in [-0.25, -0.2) is 0 Å². The van der Waals surface area contributed by atoms with Crippen molar-refractivity contribution in [2.24, 2.45) is 0 Å². The topological polar surface area (TPSA) is 51.0 Å². The van der Waals surface area contributed by atoms with Crippen LogP contribution in [0.1, 0.15) is 28.8 Å². The number of hydrogen-bond acceptors (Lipinski definition) is 4. The summed E-state index contributed by atoms with van der Waals surface area (Å²) in [4.78, 5) is 14.4. The molecule has 0 atom stereocenters. The van der Waals surface area contributed by atoms with Crippen LogP contribution in [0.3, 0.4) is 0 Å². The van der Waals surface area contributed by atoms with Crippen molar-refractivity contribution in [1.29, 1.82) is 0 Å². The summed E-state index contributed by atoms with van der Waals surface area (Å²) in [6.45, 7) is 6.27. The van der Waals surface area contributed by atoms with E-state index < -0.39 is 0 Å². The maximum absolute atomic E-state index is 12.5. The van der Waals surface area contributed by atoms with Gasteiger partial charge in [-0.3, -0.25) is 9.36 Å². The first-order valence-corrected chi connectivity index (χ1v) is 10.9. The highest BCUT2D eigenvalue weighted by Gasteiger charge is 2.19. The molecule has 0 N–H and O–H groups in total. The van der Waals surface area contributed by atoms with Gasteiger partial charge in [0.25, 0.3) is 5.91 Å². The fraction of sp³-hybridized carbons (Fsp3) is 0.261. The lowest BCUT2D eigenvalue weighted by Gasteiger charge is -2.15. The molecule has 0 saturated carbocycles. The number of benzene rings is 2. The SMILES string of the molecule is C=CCn1c(SCc2ccc(C(=O)N3CCCC3)cc2)nnc1-c1ccccc1. The van der Waals surface area contributed by atoms with Crippen molar-refractivity contribution in [2.45, 2.75) is 30.3 Å². The van der Waals surface area contributed by atoms with Crippen LogP contribution in [0.4, 0.5) is 0 Å². The maximum atomic E-state index is 12.5. The molecule has 2 aromatic carbocycles. The molecule has 0 unspecified atom stereocenters. The molecular weight excluding hydrogens is 380 g/mol. The minimum absolute atomic E-state index is 0.139. The van der Waals surface area contributed by atoms with Gasteiger partial charge in [-0.15, -0.1) is 16.8 Å². The highest BCUT2D eigenvalue weighted by molar-refractivity contribution is 7.98. The van der Waals surface area contributed by atoms with E-state index in [1.165, 1.54) is 0 Å². The zero-order valence-electron chi connectivity index (χ0n) is 16.3. The smallest absolute Gasteiger partial charge is 0.253 e. The van der Waals surface area contributed by atoms with E-state index in [1.807, 2.05) is 65.6 Å². The second kappa shape index (κ2) is 9.09. The van der Waals surface area contributed by atoms with Gasteiger partial charge in [-0.2, -0.15) is 0 Å². The van der Waals surface area contributed by atoms with Crippen molar-refractivity contribution in [3.05, 3.63) is 78.4 Å². The summed E-state index contributed by atoms with van der Waals surface area (Å²) in [5, 5.41) is 9.65. The number of aromatic nitrogens is 3. The van der Waals surface area contributed by atoms with E-state index in [0.29, 0.717) is 6.54 Å². The molecule has 29 heavy (non-hydrogen) atoms. The van der Waals surface area contributed by atoms with E-state index in [-0.39, 0.29) is 5.91 Å². The molecule has 148 valence electrons. The average Bonchev–Trinajstić information content (AvgIpc) is 3.44. The third-order valence-corrected chi connectivity index (χ3v) is 6.06. The third-order valence-electron chi connectivity index (χ3n) is 5.02. The van der Waals surface area contributed by atoms with E-state index in [2.05, 4.69) is 21.3 Å². The van der Waals surface area contributed by atoms with Gasteiger partial charge in [0.1, 0.15) is 0 Å². The number of hydrogen-bond donors (Lipinski definition) is 0. The van der Waals surface area contributed by atoms with Gasteiger partial charge >= 0.3 is 0 Å². The first kappa shape index (κ1) is 19.5. The fourth-order valence-corrected chi connectivity index (χ4v) is 4.39. The maximum Gasteiger partial charge on any atom is 0.253 e. The molecule has 5 nitrogen and oxygen atoms in total. The number of nitrogens with zero attached hydrogens (tertiary/aromatic N) is 4. The monoisotopic (exact) mass is 404 g/mol. The van der Waals surface area contributed by atoms with Gasteiger partial charge in [0.2, 0.25) is 0 Å². The summed E-state index contributed by atoms with van der Waals surface area (Å²) < 4.78 is 2.08. The first-order valence-electron chi connectivity index (χ1n) is 9.87. The molecule has 0 bridgehead atoms. The molecule has 1 amide bonds. The van der Waals surface area contributed by atoms with Crippen molar-refractivity contribution in [3.63, 3.8) is 0 Å². The van der Waals surface area contributed by atoms with Gasteiger partial charge in [-0.05, 0) is 30.5 Å². The Morgan fingerprint density at radius 2 is 1.76 bits per heavy atom. The minimum atomic E-state index is 0.139. The predicted octanol–water partition coefficient (Wildman–Crippen LogP) is 4.66. The molecule has 0 aliphatic carbocycles. The quantitative estimate of drug-likeness (QED) is 0.425. The van der Waals surface area contributed by atoms with Crippen LogP contribution >= 0.6 is 11.8 Å². The Morgan fingerprint density at radius 3 is 2.45 bits per heavy atom. The zero-order valence-corrected chi connectivity index (χ0v) is 17.1. The number of rotatable bonds is 7. The number of amides is 1. The van der Waals surface area contributed by atoms with Crippen LogP contribution in [0.2, 0.25) is 0 Å². The van der Waals surface area contributed by atoms with Crippen molar-refractivity contribution >= 4 is 17.7 Å². The zero-order chi connectivity index (χ0) is 20.1. The predicted molar refractivity (Wildman–Crippen MR) is 117 cm³/mol. The largest absolute Gasteiger partial charge is 0.339 e. The van der Waals surface area contributed by atoms with Crippen LogP contribution in [0.25, 0.3) is 11.4 Å². The molecule has 1 aliphatic rings. The highest BCUT2D eigenvalue weighted by atomic mass is 32.2. The average molecular weight is 405 g/mol. The van der Waals surface area contributed by atoms with Crippen LogP contribution in [-0.2, 0) is 12.3 Å². The third kappa shape index (κ3) is 4.43. The van der Waals surface area contributed by atoms with E-state index in [4.69, 9.17) is 0 Å². The number of allylic oxidation sites excluding steroid dienone is 1. The van der Waals surface area contributed by atoms with Gasteiger partial charge in [-0.1, -0.05) is 60.3 Å². The molecule has 0 radical (unpaired) electrons. The minimum Gasteiger partial charge on any atom is -0.339 e. The Labute approximate surface area is 175 Å². The lowest BCUT2D eigenvalue weighted by molar-refractivity contribution is 0.0793. The Bertz CT molecular complexity index is 976. The van der Waals surface area contributed by atoms with E-state index >= 15 is 0 Å². The normalized spacial score (nSPS) is 13.6. The van der Waals surface area contributed by atoms with E-state index in [9.17, 15) is 4.79 Å². The van der Waals surface area contributed by atoms with Crippen LogP contribution in [0, 0.1) is 0 Å². The van der Waals surface area contributed by atoms with Crippen molar-refractivity contribution < 1.29 is 4.79 Å². The summed E-state index contributed by atoms with van der Waals surface area (Å²) in [5.41, 5.74) is 2.96. The number of carbonyl (C=O) groups excluding carboxylic acids is 1. The lowest BCUT2D eigenvalue weighted by Crippen LogP contribution is -2.27. The molecule has 6 heteroatoms. The van der Waals surface area contributed by atoms with Crippen molar-refractivity contribution in [3.8, 4) is 11.4 Å². The second-order valence-corrected chi connectivity index (χ2v) is 8.00. The summed E-state index contributed by atoms with van der Waals surface area (Å²) in [7, 11) is 0. The lowest BCUT2D eigenvalue weighted by atomic mass is 10.1. The highest BCUT2D eigenvalue weighted by Crippen LogP contribution is 2.26. The van der Waals surface area contributed by atoms with Crippen LogP contribution < -0.4 is 0 Å². The van der Waals surface area contributed by atoms with E-state index in [0.717, 1.165) is 59.4 Å². The standard InChI is InChI=1S/C23H24N4OS/c1-2-14-27-21(19-8-4-3-5-9-19)24-25-23(27)29-17-18-10-12-20(13-11-18)22(28)26-15-6-7-16-26/h2-5,8-13H,1,6-7,14-17H2. The molecule has 1 aliphatic heterocycles. The number of carbonyl (C=O) groups is 1. The summed E-state index contributed by atoms with van der Waals surface area (Å²) >= 11 is 1.64. The second-order valence-electron chi connectivity index (χ2n) is 7.06. The Hall–Kier alpha value is -2.86.